The largest absolute Gasteiger partial charge is 0.573 e. The lowest BCUT2D eigenvalue weighted by atomic mass is 10.1. The van der Waals surface area contributed by atoms with E-state index in [1.54, 1.807) is 24.3 Å². The van der Waals surface area contributed by atoms with Crippen LogP contribution in [0, 0.1) is 0 Å². The highest BCUT2D eigenvalue weighted by molar-refractivity contribution is 7.86. The van der Waals surface area contributed by atoms with Crippen molar-refractivity contribution in [3.63, 3.8) is 0 Å². The van der Waals surface area contributed by atoms with Crippen molar-refractivity contribution in [2.24, 2.45) is 0 Å². The molecule has 2 aromatic carbocycles. The van der Waals surface area contributed by atoms with Crippen LogP contribution < -0.4 is 9.46 Å². The van der Waals surface area contributed by atoms with Gasteiger partial charge >= 0.3 is 12.5 Å². The van der Waals surface area contributed by atoms with Gasteiger partial charge in [-0.3, -0.25) is 14.5 Å². The number of carbonyl (C=O) groups excluding carboxylic acids is 1. The third-order valence-electron chi connectivity index (χ3n) is 5.29. The third-order valence-corrected chi connectivity index (χ3v) is 6.42. The Morgan fingerprint density at radius 1 is 1.03 bits per heavy atom. The summed E-state index contributed by atoms with van der Waals surface area (Å²) in [5.41, 5.74) is 0.100. The molecule has 2 amide bonds. The van der Waals surface area contributed by atoms with Gasteiger partial charge in [-0.05, 0) is 30.3 Å². The molecular weight excluding hydrogens is 489 g/mol. The number of hydrogen-bond donors (Lipinski definition) is 2. The van der Waals surface area contributed by atoms with Crippen molar-refractivity contribution in [2.45, 2.75) is 11.3 Å². The van der Waals surface area contributed by atoms with E-state index in [0.29, 0.717) is 10.9 Å². The fourth-order valence-corrected chi connectivity index (χ4v) is 4.64. The molecule has 1 aliphatic rings. The van der Waals surface area contributed by atoms with Crippen molar-refractivity contribution in [3.8, 4) is 5.75 Å². The lowest BCUT2D eigenvalue weighted by molar-refractivity contribution is -0.274. The Hall–Kier alpha value is -3.87. The normalized spacial score (nSPS) is 15.1. The first kappa shape index (κ1) is 24.3. The van der Waals surface area contributed by atoms with Crippen LogP contribution in [0.1, 0.15) is 10.4 Å². The van der Waals surface area contributed by atoms with Crippen LogP contribution >= 0.6 is 0 Å². The predicted octanol–water partition coefficient (Wildman–Crippen LogP) is 3.70. The molecule has 2 heterocycles. The molecule has 9 nitrogen and oxygen atoms in total. The number of halogens is 3. The number of rotatable bonds is 5. The van der Waals surface area contributed by atoms with Crippen LogP contribution in [-0.2, 0) is 11.0 Å². The first-order valence-corrected chi connectivity index (χ1v) is 11.5. The number of benzene rings is 2. The molecule has 1 atom stereocenters. The summed E-state index contributed by atoms with van der Waals surface area (Å²) in [6.07, 6.45) is -4.66. The monoisotopic (exact) mass is 508 g/mol. The zero-order chi connectivity index (χ0) is 25.2. The highest BCUT2D eigenvalue weighted by atomic mass is 32.2. The number of aromatic nitrogens is 1. The first-order valence-electron chi connectivity index (χ1n) is 10.3. The summed E-state index contributed by atoms with van der Waals surface area (Å²) in [6.45, 7) is 0.368. The second-order valence-electron chi connectivity index (χ2n) is 7.52. The van der Waals surface area contributed by atoms with E-state index in [9.17, 15) is 27.0 Å². The zero-order valence-corrected chi connectivity index (χ0v) is 18.8. The predicted molar refractivity (Wildman–Crippen MR) is 120 cm³/mol. The average Bonchev–Trinajstić information content (AvgIpc) is 2.83. The van der Waals surface area contributed by atoms with E-state index < -0.39 is 35.1 Å². The quantitative estimate of drug-likeness (QED) is 0.544. The van der Waals surface area contributed by atoms with Crippen LogP contribution in [0.2, 0.25) is 0 Å². The zero-order valence-electron chi connectivity index (χ0n) is 18.0. The molecule has 1 aromatic heterocycles. The number of fused-ring (bicyclic) bond motifs is 1. The molecule has 3 aromatic rings. The molecule has 13 heteroatoms. The standard InChI is InChI=1S/C22H19F3N4O5S/c23-22(24,25)34-17-13-15(20(30)28-9-11-29(12-10-28)21(31)32)6-7-16(17)27-35(33)18-5-1-3-14-4-2-8-26-19(14)18/h1-8,13,27H,9-12H2,(H,31,32). The topological polar surface area (TPSA) is 112 Å². The molecule has 0 radical (unpaired) electrons. The van der Waals surface area contributed by atoms with Gasteiger partial charge in [-0.25, -0.2) is 9.00 Å². The molecule has 1 fully saturated rings. The van der Waals surface area contributed by atoms with E-state index in [4.69, 9.17) is 5.11 Å². The Morgan fingerprint density at radius 2 is 1.71 bits per heavy atom. The van der Waals surface area contributed by atoms with Gasteiger partial charge in [0.15, 0.2) is 16.7 Å². The Kier molecular flexibility index (Phi) is 6.78. The van der Waals surface area contributed by atoms with Crippen molar-refractivity contribution in [3.05, 3.63) is 60.3 Å². The Labute approximate surface area is 199 Å². The maximum absolute atomic E-state index is 13.1. The highest BCUT2D eigenvalue weighted by Crippen LogP contribution is 2.33. The van der Waals surface area contributed by atoms with Crippen LogP contribution in [0.4, 0.5) is 23.7 Å². The number of anilines is 1. The number of amides is 2. The highest BCUT2D eigenvalue weighted by Gasteiger charge is 2.33. The number of nitrogens with zero attached hydrogens (tertiary/aromatic N) is 3. The number of carboxylic acid groups (broad SMARTS) is 1. The van der Waals surface area contributed by atoms with Crippen molar-refractivity contribution < 1.29 is 36.8 Å². The van der Waals surface area contributed by atoms with Crippen LogP contribution in [0.5, 0.6) is 5.75 Å². The van der Waals surface area contributed by atoms with Gasteiger partial charge in [0.2, 0.25) is 0 Å². The van der Waals surface area contributed by atoms with Crippen LogP contribution in [0.25, 0.3) is 10.9 Å². The second-order valence-corrected chi connectivity index (χ2v) is 8.70. The van der Waals surface area contributed by atoms with Gasteiger partial charge in [0.25, 0.3) is 5.91 Å². The van der Waals surface area contributed by atoms with Crippen molar-refractivity contribution in [1.29, 1.82) is 0 Å². The number of nitrogens with one attached hydrogen (secondary N) is 1. The van der Waals surface area contributed by atoms with Crippen LogP contribution in [0.3, 0.4) is 0 Å². The summed E-state index contributed by atoms with van der Waals surface area (Å²) in [5, 5.41) is 9.74. The number of piperazine rings is 1. The lowest BCUT2D eigenvalue weighted by Gasteiger charge is -2.33. The van der Waals surface area contributed by atoms with E-state index in [0.717, 1.165) is 11.0 Å². The summed E-state index contributed by atoms with van der Waals surface area (Å²) < 4.78 is 58.9. The van der Waals surface area contributed by atoms with Crippen molar-refractivity contribution in [1.82, 2.24) is 14.8 Å². The van der Waals surface area contributed by atoms with Gasteiger partial charge < -0.3 is 19.6 Å². The fourth-order valence-electron chi connectivity index (χ4n) is 3.61. The number of hydrogen-bond acceptors (Lipinski definition) is 5. The van der Waals surface area contributed by atoms with E-state index in [2.05, 4.69) is 14.4 Å². The van der Waals surface area contributed by atoms with Gasteiger partial charge in [-0.1, -0.05) is 18.2 Å². The Bertz CT molecular complexity index is 1290. The number of carbonyl (C=O) groups is 2. The summed E-state index contributed by atoms with van der Waals surface area (Å²) in [7, 11) is -1.99. The molecular formula is C22H19F3N4O5S. The van der Waals surface area contributed by atoms with Gasteiger partial charge in [0.1, 0.15) is 0 Å². The number of pyridine rings is 1. The summed E-state index contributed by atoms with van der Waals surface area (Å²) in [4.78, 5) is 30.8. The Balaban J connectivity index is 1.59. The fraction of sp³-hybridized carbons (Fsp3) is 0.227. The van der Waals surface area contributed by atoms with Gasteiger partial charge in [0, 0.05) is 43.3 Å². The SMILES string of the molecule is O=C(O)N1CCN(C(=O)c2ccc(NS(=O)c3cccc4cccnc34)c(OC(F)(F)F)c2)CC1. The maximum atomic E-state index is 13.1. The first-order chi connectivity index (χ1) is 16.6. The van der Waals surface area contributed by atoms with E-state index >= 15 is 0 Å². The van der Waals surface area contributed by atoms with Gasteiger partial charge in [-0.2, -0.15) is 0 Å². The molecule has 35 heavy (non-hydrogen) atoms. The average molecular weight is 508 g/mol. The summed E-state index contributed by atoms with van der Waals surface area (Å²) in [6, 6.07) is 11.8. The van der Waals surface area contributed by atoms with E-state index in [1.165, 1.54) is 29.3 Å². The molecule has 0 bridgehead atoms. The summed E-state index contributed by atoms with van der Waals surface area (Å²) >= 11 is 0. The molecule has 184 valence electrons. The minimum Gasteiger partial charge on any atom is -0.465 e. The molecule has 0 spiro atoms. The van der Waals surface area contributed by atoms with E-state index in [1.807, 2.05) is 0 Å². The third kappa shape index (κ3) is 5.62. The smallest absolute Gasteiger partial charge is 0.465 e. The van der Waals surface area contributed by atoms with Gasteiger partial charge in [-0.15, -0.1) is 13.2 Å². The molecule has 1 aliphatic heterocycles. The molecule has 4 rings (SSSR count). The second kappa shape index (κ2) is 9.78. The minimum absolute atomic E-state index is 0.0869. The lowest BCUT2D eigenvalue weighted by Crippen LogP contribution is -2.50. The molecule has 0 saturated carbocycles. The molecule has 1 saturated heterocycles. The van der Waals surface area contributed by atoms with Crippen LogP contribution in [-0.4, -0.2) is 68.6 Å². The molecule has 0 aliphatic carbocycles. The maximum Gasteiger partial charge on any atom is 0.573 e. The summed E-state index contributed by atoms with van der Waals surface area (Å²) in [5.74, 6) is -1.30. The van der Waals surface area contributed by atoms with Gasteiger partial charge in [0.05, 0.1) is 16.1 Å². The van der Waals surface area contributed by atoms with Crippen molar-refractivity contribution in [2.75, 3.05) is 30.9 Å². The Morgan fingerprint density at radius 3 is 2.40 bits per heavy atom. The molecule has 2 N–H and O–H groups in total. The number of para-hydroxylation sites is 1. The number of ether oxygens (including phenoxy) is 1. The van der Waals surface area contributed by atoms with Crippen LogP contribution in [0.15, 0.2) is 59.6 Å². The van der Waals surface area contributed by atoms with Crippen molar-refractivity contribution >= 4 is 39.6 Å². The van der Waals surface area contributed by atoms with E-state index in [-0.39, 0.29) is 42.3 Å². The minimum atomic E-state index is -5.06. The number of alkyl halides is 3. The molecule has 1 unspecified atom stereocenters.